The molecule has 2 aliphatic rings. The maximum Gasteiger partial charge on any atom is 0.355 e. The molecule has 0 bridgehead atoms. The highest BCUT2D eigenvalue weighted by Crippen LogP contribution is 2.37. The van der Waals surface area contributed by atoms with E-state index in [-0.39, 0.29) is 23.8 Å². The molecular formula is C27H31ClN4O3. The number of aromatic nitrogens is 3. The van der Waals surface area contributed by atoms with Gasteiger partial charge in [-0.05, 0) is 48.2 Å². The maximum absolute atomic E-state index is 13.4. The van der Waals surface area contributed by atoms with Crippen molar-refractivity contribution >= 4 is 17.4 Å². The van der Waals surface area contributed by atoms with Gasteiger partial charge in [0.05, 0.1) is 31.0 Å². The highest BCUT2D eigenvalue weighted by molar-refractivity contribution is 6.30. The van der Waals surface area contributed by atoms with Crippen LogP contribution in [0.4, 0.5) is 0 Å². The van der Waals surface area contributed by atoms with E-state index >= 15 is 0 Å². The van der Waals surface area contributed by atoms with Crippen LogP contribution in [0.3, 0.4) is 0 Å². The number of nitrogens with zero attached hydrogens (tertiary/aromatic N) is 4. The third-order valence-corrected chi connectivity index (χ3v) is 6.97. The molecule has 0 aliphatic carbocycles. The topological polar surface area (TPSA) is 69.4 Å². The first kappa shape index (κ1) is 24.0. The van der Waals surface area contributed by atoms with Crippen molar-refractivity contribution in [2.75, 3.05) is 32.8 Å². The lowest BCUT2D eigenvalue weighted by molar-refractivity contribution is -0.188. The van der Waals surface area contributed by atoms with Gasteiger partial charge >= 0.3 is 5.69 Å². The fourth-order valence-corrected chi connectivity index (χ4v) is 5.18. The van der Waals surface area contributed by atoms with Crippen LogP contribution in [-0.4, -0.2) is 57.9 Å². The van der Waals surface area contributed by atoms with E-state index in [1.54, 1.807) is 24.3 Å². The van der Waals surface area contributed by atoms with Crippen LogP contribution in [0.1, 0.15) is 31.7 Å². The molecule has 0 atom stereocenters. The van der Waals surface area contributed by atoms with Crippen molar-refractivity contribution in [3.05, 3.63) is 75.4 Å². The van der Waals surface area contributed by atoms with Crippen molar-refractivity contribution in [3.8, 4) is 11.4 Å². The fraction of sp³-hybridized carbons (Fsp3) is 0.444. The summed E-state index contributed by atoms with van der Waals surface area (Å²) in [6, 6.07) is 15.0. The van der Waals surface area contributed by atoms with E-state index in [4.69, 9.17) is 16.3 Å². The Labute approximate surface area is 210 Å². The van der Waals surface area contributed by atoms with E-state index in [1.807, 2.05) is 38.1 Å². The Bertz CT molecular complexity index is 1270. The molecule has 3 heterocycles. The molecule has 5 rings (SSSR count). The summed E-state index contributed by atoms with van der Waals surface area (Å²) in [6.45, 7) is 9.08. The largest absolute Gasteiger partial charge is 0.380 e. The molecule has 0 N–H and O–H groups in total. The zero-order chi connectivity index (χ0) is 24.6. The molecule has 0 unspecified atom stereocenters. The number of Topliss-reactive ketones (excluding diaryl/α,β-unsaturated/α-hetero) is 1. The van der Waals surface area contributed by atoms with Gasteiger partial charge < -0.3 is 9.64 Å². The number of ketones is 1. The summed E-state index contributed by atoms with van der Waals surface area (Å²) in [6.07, 6.45) is 1.49. The van der Waals surface area contributed by atoms with Gasteiger partial charge in [-0.3, -0.25) is 4.79 Å². The first-order valence-corrected chi connectivity index (χ1v) is 12.6. The number of carbonyl (C=O) groups is 1. The summed E-state index contributed by atoms with van der Waals surface area (Å²) < 4.78 is 8.21. The molecule has 7 nitrogen and oxygen atoms in total. The third kappa shape index (κ3) is 5.13. The van der Waals surface area contributed by atoms with Gasteiger partial charge in [0.2, 0.25) is 0 Å². The number of hydrogen-bond donors (Lipinski definition) is 0. The lowest BCUT2D eigenvalue weighted by Crippen LogP contribution is -2.66. The second-order valence-corrected chi connectivity index (χ2v) is 10.8. The van der Waals surface area contributed by atoms with Crippen LogP contribution in [0.5, 0.6) is 0 Å². The minimum absolute atomic E-state index is 0.0528. The molecule has 8 heteroatoms. The third-order valence-electron chi connectivity index (χ3n) is 6.74. The van der Waals surface area contributed by atoms with E-state index in [0.29, 0.717) is 34.1 Å². The van der Waals surface area contributed by atoms with Crippen molar-refractivity contribution in [1.82, 2.24) is 19.2 Å². The predicted octanol–water partition coefficient (Wildman–Crippen LogP) is 3.71. The summed E-state index contributed by atoms with van der Waals surface area (Å²) in [5, 5.41) is 5.09. The van der Waals surface area contributed by atoms with Crippen LogP contribution in [0, 0.1) is 11.3 Å². The molecule has 0 radical (unpaired) electrons. The number of carbonyl (C=O) groups excluding carboxylic acids is 1. The molecule has 2 aliphatic heterocycles. The Balaban J connectivity index is 1.36. The van der Waals surface area contributed by atoms with Gasteiger partial charge in [0, 0.05) is 36.5 Å². The summed E-state index contributed by atoms with van der Waals surface area (Å²) >= 11 is 6.19. The van der Waals surface area contributed by atoms with Gasteiger partial charge in [0.15, 0.2) is 0 Å². The molecule has 2 fully saturated rings. The lowest BCUT2D eigenvalue weighted by atomic mass is 9.78. The molecule has 35 heavy (non-hydrogen) atoms. The van der Waals surface area contributed by atoms with Crippen LogP contribution >= 0.6 is 11.6 Å². The standard InChI is InChI=1S/C27H31ClN4O3/c1-19(2)12-24(33)14-25-29-32(26(34)31(25)23-5-3-4-21(28)13-23)22-8-6-20(7-9-22)10-11-30-15-27(16-30)17-35-18-27/h3-9,13,19H,10-12,14-18H2,1-2H3. The van der Waals surface area contributed by atoms with Crippen molar-refractivity contribution in [2.24, 2.45) is 11.3 Å². The molecule has 3 aromatic rings. The van der Waals surface area contributed by atoms with Crippen LogP contribution < -0.4 is 5.69 Å². The summed E-state index contributed by atoms with van der Waals surface area (Å²) in [4.78, 5) is 28.5. The Kier molecular flexibility index (Phi) is 6.66. The van der Waals surface area contributed by atoms with E-state index in [9.17, 15) is 9.59 Å². The fourth-order valence-electron chi connectivity index (χ4n) is 4.99. The smallest absolute Gasteiger partial charge is 0.355 e. The minimum Gasteiger partial charge on any atom is -0.380 e. The van der Waals surface area contributed by atoms with Crippen LogP contribution in [0.15, 0.2) is 53.3 Å². The second-order valence-electron chi connectivity index (χ2n) is 10.4. The zero-order valence-corrected chi connectivity index (χ0v) is 21.0. The average Bonchev–Trinajstić information content (AvgIpc) is 3.07. The Morgan fingerprint density at radius 3 is 2.49 bits per heavy atom. The Morgan fingerprint density at radius 2 is 1.86 bits per heavy atom. The lowest BCUT2D eigenvalue weighted by Gasteiger charge is -2.55. The van der Waals surface area contributed by atoms with Crippen LogP contribution in [0.25, 0.3) is 11.4 Å². The van der Waals surface area contributed by atoms with E-state index in [1.165, 1.54) is 14.8 Å². The molecule has 2 saturated heterocycles. The number of halogens is 1. The van der Waals surface area contributed by atoms with Gasteiger partial charge in [-0.2, -0.15) is 4.68 Å². The number of rotatable bonds is 9. The number of ether oxygens (including phenoxy) is 1. The first-order chi connectivity index (χ1) is 16.8. The van der Waals surface area contributed by atoms with Gasteiger partial charge in [0.1, 0.15) is 11.6 Å². The number of likely N-dealkylation sites (tertiary alicyclic amines) is 1. The molecule has 0 saturated carbocycles. The van der Waals surface area contributed by atoms with Gasteiger partial charge in [-0.15, -0.1) is 5.10 Å². The summed E-state index contributed by atoms with van der Waals surface area (Å²) in [5.41, 5.74) is 2.60. The molecular weight excluding hydrogens is 464 g/mol. The minimum atomic E-state index is -0.319. The van der Waals surface area contributed by atoms with E-state index < -0.39 is 0 Å². The monoisotopic (exact) mass is 494 g/mol. The molecule has 184 valence electrons. The van der Waals surface area contributed by atoms with Crippen LogP contribution in [-0.2, 0) is 22.4 Å². The number of benzene rings is 2. The molecule has 1 spiro atoms. The van der Waals surface area contributed by atoms with Gasteiger partial charge in [-0.1, -0.05) is 43.6 Å². The van der Waals surface area contributed by atoms with E-state index in [2.05, 4.69) is 10.00 Å². The van der Waals surface area contributed by atoms with Gasteiger partial charge in [-0.25, -0.2) is 9.36 Å². The highest BCUT2D eigenvalue weighted by Gasteiger charge is 2.48. The number of hydrogen-bond acceptors (Lipinski definition) is 5. The first-order valence-electron chi connectivity index (χ1n) is 12.2. The quantitative estimate of drug-likeness (QED) is 0.453. The van der Waals surface area contributed by atoms with Crippen molar-refractivity contribution in [2.45, 2.75) is 33.1 Å². The Hall–Kier alpha value is -2.74. The average molecular weight is 495 g/mol. The van der Waals surface area contributed by atoms with Crippen molar-refractivity contribution in [3.63, 3.8) is 0 Å². The van der Waals surface area contributed by atoms with Crippen molar-refractivity contribution in [1.29, 1.82) is 0 Å². The summed E-state index contributed by atoms with van der Waals surface area (Å²) in [5.74, 6) is 0.711. The van der Waals surface area contributed by atoms with Crippen LogP contribution in [0.2, 0.25) is 5.02 Å². The summed E-state index contributed by atoms with van der Waals surface area (Å²) in [7, 11) is 0. The zero-order valence-electron chi connectivity index (χ0n) is 20.2. The molecule has 0 amide bonds. The SMILES string of the molecule is CC(C)CC(=O)Cc1nn(-c2ccc(CCN3CC4(COC4)C3)cc2)c(=O)n1-c1cccc(Cl)c1. The van der Waals surface area contributed by atoms with Gasteiger partial charge in [0.25, 0.3) is 0 Å². The normalized spacial score (nSPS) is 16.9. The van der Waals surface area contributed by atoms with Crippen molar-refractivity contribution < 1.29 is 9.53 Å². The van der Waals surface area contributed by atoms with E-state index in [0.717, 1.165) is 39.3 Å². The maximum atomic E-state index is 13.4. The highest BCUT2D eigenvalue weighted by atomic mass is 35.5. The second kappa shape index (κ2) is 9.72. The Morgan fingerprint density at radius 1 is 1.11 bits per heavy atom. The predicted molar refractivity (Wildman–Crippen MR) is 136 cm³/mol. The molecule has 2 aromatic carbocycles. The molecule has 1 aromatic heterocycles.